The van der Waals surface area contributed by atoms with Crippen LogP contribution < -0.4 is 5.56 Å². The van der Waals surface area contributed by atoms with Crippen LogP contribution in [0.25, 0.3) is 0 Å². The molecule has 0 unspecified atom stereocenters. The highest BCUT2D eigenvalue weighted by molar-refractivity contribution is 7.85. The van der Waals surface area contributed by atoms with Crippen LogP contribution in [0.5, 0.6) is 0 Å². The Morgan fingerprint density at radius 3 is 2.79 bits per heavy atom. The minimum atomic E-state index is -4.59. The largest absolute Gasteiger partial charge is 0.742 e. The second kappa shape index (κ2) is 6.15. The molecular formula is C15H18N3O5S-. The quantitative estimate of drug-likeness (QED) is 0.813. The predicted octanol–water partition coefficient (Wildman–Crippen LogP) is 0.949. The first-order valence-electron chi connectivity index (χ1n) is 7.63. The van der Waals surface area contributed by atoms with Gasteiger partial charge in [0.25, 0.3) is 5.56 Å². The van der Waals surface area contributed by atoms with Gasteiger partial charge in [-0.3, -0.25) is 9.69 Å². The maximum atomic E-state index is 12.3. The van der Waals surface area contributed by atoms with Crippen molar-refractivity contribution < 1.29 is 17.4 Å². The van der Waals surface area contributed by atoms with Crippen molar-refractivity contribution in [2.75, 3.05) is 6.54 Å². The second-order valence-electron chi connectivity index (χ2n) is 6.17. The van der Waals surface area contributed by atoms with E-state index in [-0.39, 0.29) is 11.5 Å². The summed E-state index contributed by atoms with van der Waals surface area (Å²) in [4.78, 5) is 21.5. The summed E-state index contributed by atoms with van der Waals surface area (Å²) < 4.78 is 37.8. The lowest BCUT2D eigenvalue weighted by Gasteiger charge is -2.27. The molecule has 2 aromatic heterocycles. The molecule has 9 heteroatoms. The number of aromatic amines is 1. The zero-order valence-electron chi connectivity index (χ0n) is 13.4. The molecule has 1 aliphatic heterocycles. The summed E-state index contributed by atoms with van der Waals surface area (Å²) in [6.45, 7) is 5.33. The van der Waals surface area contributed by atoms with E-state index < -0.39 is 15.2 Å². The van der Waals surface area contributed by atoms with Crippen molar-refractivity contribution in [3.8, 4) is 0 Å². The first kappa shape index (κ1) is 16.9. The van der Waals surface area contributed by atoms with E-state index >= 15 is 0 Å². The normalized spacial score (nSPS) is 15.7. The van der Waals surface area contributed by atoms with E-state index in [2.05, 4.69) is 9.97 Å². The first-order valence-corrected chi connectivity index (χ1v) is 9.04. The highest BCUT2D eigenvalue weighted by Gasteiger charge is 2.22. The Labute approximate surface area is 139 Å². The van der Waals surface area contributed by atoms with Crippen LogP contribution in [0.4, 0.5) is 0 Å². The molecule has 0 aliphatic carbocycles. The van der Waals surface area contributed by atoms with Crippen LogP contribution in [0, 0.1) is 0 Å². The summed E-state index contributed by atoms with van der Waals surface area (Å²) in [6.07, 6.45) is 0.631. The van der Waals surface area contributed by atoms with Crippen LogP contribution in [-0.4, -0.2) is 34.4 Å². The van der Waals surface area contributed by atoms with Gasteiger partial charge in [0.15, 0.2) is 10.1 Å². The van der Waals surface area contributed by atoms with Crippen LogP contribution in [0.2, 0.25) is 0 Å². The lowest BCUT2D eigenvalue weighted by atomic mass is 10.1. The van der Waals surface area contributed by atoms with Gasteiger partial charge in [-0.25, -0.2) is 13.4 Å². The molecule has 0 fully saturated rings. The Bertz CT molecular complexity index is 913. The maximum absolute atomic E-state index is 12.3. The van der Waals surface area contributed by atoms with Gasteiger partial charge in [-0.1, -0.05) is 13.8 Å². The Morgan fingerprint density at radius 2 is 2.17 bits per heavy atom. The van der Waals surface area contributed by atoms with Crippen LogP contribution in [0.1, 0.15) is 42.6 Å². The van der Waals surface area contributed by atoms with Crippen molar-refractivity contribution in [1.82, 2.24) is 14.9 Å². The summed E-state index contributed by atoms with van der Waals surface area (Å²) in [5.74, 6) is 1.20. The van der Waals surface area contributed by atoms with E-state index in [0.29, 0.717) is 43.2 Å². The zero-order valence-corrected chi connectivity index (χ0v) is 14.2. The molecule has 0 spiro atoms. The number of nitrogens with zero attached hydrogens (tertiary/aromatic N) is 2. The van der Waals surface area contributed by atoms with Crippen LogP contribution in [0.3, 0.4) is 0 Å². The molecule has 2 aromatic rings. The molecule has 1 aliphatic rings. The third-order valence-electron chi connectivity index (χ3n) is 3.98. The van der Waals surface area contributed by atoms with Gasteiger partial charge in [-0.05, 0) is 12.1 Å². The number of aromatic nitrogens is 2. The molecule has 0 saturated carbocycles. The van der Waals surface area contributed by atoms with Gasteiger partial charge < -0.3 is 14.0 Å². The summed E-state index contributed by atoms with van der Waals surface area (Å²) >= 11 is 0. The second-order valence-corrected chi connectivity index (χ2v) is 7.48. The molecular weight excluding hydrogens is 334 g/mol. The van der Waals surface area contributed by atoms with Gasteiger partial charge >= 0.3 is 0 Å². The minimum Gasteiger partial charge on any atom is -0.742 e. The van der Waals surface area contributed by atoms with Gasteiger partial charge in [0, 0.05) is 25.4 Å². The summed E-state index contributed by atoms with van der Waals surface area (Å²) in [5.41, 5.74) is 1.28. The van der Waals surface area contributed by atoms with Gasteiger partial charge in [0.1, 0.15) is 11.6 Å². The molecule has 3 heterocycles. The van der Waals surface area contributed by atoms with E-state index in [1.807, 2.05) is 18.7 Å². The Balaban J connectivity index is 1.78. The first-order chi connectivity index (χ1) is 11.2. The van der Waals surface area contributed by atoms with E-state index in [1.54, 1.807) is 0 Å². The number of hydrogen-bond acceptors (Lipinski definition) is 7. The highest BCUT2D eigenvalue weighted by Crippen LogP contribution is 2.20. The van der Waals surface area contributed by atoms with Crippen molar-refractivity contribution in [3.05, 3.63) is 45.3 Å². The lowest BCUT2D eigenvalue weighted by molar-refractivity contribution is 0.215. The lowest BCUT2D eigenvalue weighted by Crippen LogP contribution is -2.35. The number of H-pyrrole nitrogens is 1. The predicted molar refractivity (Wildman–Crippen MR) is 83.4 cm³/mol. The Kier molecular flexibility index (Phi) is 4.33. The van der Waals surface area contributed by atoms with Crippen LogP contribution in [0.15, 0.2) is 26.4 Å². The molecule has 0 bridgehead atoms. The van der Waals surface area contributed by atoms with Crippen molar-refractivity contribution in [1.29, 1.82) is 0 Å². The SMILES string of the molecule is CC(C)c1nc2c(c(=O)[nH]1)CN(Cc1ccc(S(=O)(=O)[O-])o1)CC2. The highest BCUT2D eigenvalue weighted by atomic mass is 32.2. The number of fused-ring (bicyclic) bond motifs is 1. The molecule has 0 amide bonds. The van der Waals surface area contributed by atoms with E-state index in [1.165, 1.54) is 6.07 Å². The topological polar surface area (TPSA) is 119 Å². The zero-order chi connectivity index (χ0) is 17.5. The van der Waals surface area contributed by atoms with Gasteiger partial charge in [0.05, 0.1) is 17.8 Å². The standard InChI is InChI=1S/C15H19N3O5S/c1-9(2)14-16-12-5-6-18(8-11(12)15(19)17-14)7-10-3-4-13(23-10)24(20,21)22/h3-4,9H,5-8H2,1-2H3,(H,16,17,19)(H,20,21,22)/p-1. The molecule has 1 N–H and O–H groups in total. The van der Waals surface area contributed by atoms with E-state index in [4.69, 9.17) is 4.42 Å². The molecule has 130 valence electrons. The Morgan fingerprint density at radius 1 is 1.42 bits per heavy atom. The molecule has 24 heavy (non-hydrogen) atoms. The molecule has 0 saturated heterocycles. The minimum absolute atomic E-state index is 0.143. The summed E-state index contributed by atoms with van der Waals surface area (Å²) in [7, 11) is -4.59. The van der Waals surface area contributed by atoms with Crippen LogP contribution >= 0.6 is 0 Å². The van der Waals surface area contributed by atoms with Crippen molar-refractivity contribution in [2.45, 2.75) is 44.4 Å². The summed E-state index contributed by atoms with van der Waals surface area (Å²) in [5, 5.41) is -0.587. The van der Waals surface area contributed by atoms with Crippen molar-refractivity contribution in [2.24, 2.45) is 0 Å². The monoisotopic (exact) mass is 352 g/mol. The fourth-order valence-corrected chi connectivity index (χ4v) is 3.15. The van der Waals surface area contributed by atoms with Crippen LogP contribution in [-0.2, 0) is 29.6 Å². The average molecular weight is 352 g/mol. The van der Waals surface area contributed by atoms with Crippen molar-refractivity contribution >= 4 is 10.1 Å². The molecule has 0 atom stereocenters. The number of nitrogens with one attached hydrogen (secondary N) is 1. The fraction of sp³-hybridized carbons (Fsp3) is 0.467. The average Bonchev–Trinajstić information content (AvgIpc) is 2.96. The van der Waals surface area contributed by atoms with Gasteiger partial charge in [-0.2, -0.15) is 0 Å². The molecule has 3 rings (SSSR count). The van der Waals surface area contributed by atoms with Gasteiger partial charge in [-0.15, -0.1) is 0 Å². The number of furan rings is 1. The van der Waals surface area contributed by atoms with Gasteiger partial charge in [0.2, 0.25) is 5.09 Å². The molecule has 0 radical (unpaired) electrons. The molecule has 0 aromatic carbocycles. The third kappa shape index (κ3) is 3.42. The Hall–Kier alpha value is -1.97. The molecule has 8 nitrogen and oxygen atoms in total. The van der Waals surface area contributed by atoms with Crippen molar-refractivity contribution in [3.63, 3.8) is 0 Å². The fourth-order valence-electron chi connectivity index (χ4n) is 2.71. The smallest absolute Gasteiger partial charge is 0.255 e. The van der Waals surface area contributed by atoms with E-state index in [9.17, 15) is 17.8 Å². The third-order valence-corrected chi connectivity index (χ3v) is 4.69. The summed E-state index contributed by atoms with van der Waals surface area (Å²) in [6, 6.07) is 2.61. The van der Waals surface area contributed by atoms with E-state index in [0.717, 1.165) is 11.8 Å². The maximum Gasteiger partial charge on any atom is 0.255 e. The number of rotatable bonds is 4. The number of hydrogen-bond donors (Lipinski definition) is 1.